The van der Waals surface area contributed by atoms with Crippen molar-refractivity contribution < 1.29 is 14.3 Å². The first-order valence-electron chi connectivity index (χ1n) is 11.0. The number of hydrogen-bond acceptors (Lipinski definition) is 6. The van der Waals surface area contributed by atoms with Crippen LogP contribution in [0.1, 0.15) is 16.1 Å². The van der Waals surface area contributed by atoms with Crippen molar-refractivity contribution in [2.45, 2.75) is 13.1 Å². The van der Waals surface area contributed by atoms with Gasteiger partial charge in [-0.2, -0.15) is 5.10 Å². The van der Waals surface area contributed by atoms with Gasteiger partial charge in [-0.05, 0) is 35.9 Å². The standard InChI is InChI=1S/C25H21BrN6O3/c26-17-6-7-22(35-15-23(33)29-14-16-4-2-1-3-5-16)18(12-17)24-27-9-8-19(30-24)20-13-21-25(34)28-10-11-32(21)31-20/h1-9,12-13H,10-11,14-15H2,(H,28,34)(H,29,33). The molecule has 4 aromatic rings. The first kappa shape index (κ1) is 22.7. The number of hydrogen-bond donors (Lipinski definition) is 2. The zero-order valence-corrected chi connectivity index (χ0v) is 20.2. The van der Waals surface area contributed by atoms with Gasteiger partial charge in [-0.25, -0.2) is 9.97 Å². The molecule has 2 amide bonds. The van der Waals surface area contributed by atoms with Crippen LogP contribution in [0.3, 0.4) is 0 Å². The lowest BCUT2D eigenvalue weighted by Crippen LogP contribution is -2.35. The summed E-state index contributed by atoms with van der Waals surface area (Å²) in [5.74, 6) is 0.499. The third-order valence-corrected chi connectivity index (χ3v) is 5.91. The van der Waals surface area contributed by atoms with Gasteiger partial charge in [0.1, 0.15) is 17.1 Å². The van der Waals surface area contributed by atoms with Crippen LogP contribution in [0, 0.1) is 0 Å². The van der Waals surface area contributed by atoms with Crippen molar-refractivity contribution in [3.8, 4) is 28.5 Å². The molecule has 0 spiro atoms. The third-order valence-electron chi connectivity index (χ3n) is 5.41. The van der Waals surface area contributed by atoms with Gasteiger partial charge in [-0.3, -0.25) is 14.3 Å². The van der Waals surface area contributed by atoms with Crippen molar-refractivity contribution in [3.63, 3.8) is 0 Å². The maximum Gasteiger partial charge on any atom is 0.269 e. The third kappa shape index (κ3) is 5.22. The monoisotopic (exact) mass is 532 g/mol. The summed E-state index contributed by atoms with van der Waals surface area (Å²) in [7, 11) is 0. The van der Waals surface area contributed by atoms with E-state index in [-0.39, 0.29) is 18.4 Å². The molecule has 0 aliphatic carbocycles. The molecule has 2 aromatic heterocycles. The van der Waals surface area contributed by atoms with Crippen molar-refractivity contribution in [3.05, 3.63) is 82.6 Å². The van der Waals surface area contributed by atoms with Gasteiger partial charge >= 0.3 is 0 Å². The van der Waals surface area contributed by atoms with E-state index in [1.807, 2.05) is 42.5 Å². The smallest absolute Gasteiger partial charge is 0.269 e. The summed E-state index contributed by atoms with van der Waals surface area (Å²) in [5.41, 5.74) is 3.29. The number of carbonyl (C=O) groups is 2. The zero-order valence-electron chi connectivity index (χ0n) is 18.6. The van der Waals surface area contributed by atoms with Crippen LogP contribution in [0.15, 0.2) is 71.3 Å². The lowest BCUT2D eigenvalue weighted by Gasteiger charge is -2.13. The highest BCUT2D eigenvalue weighted by Gasteiger charge is 2.21. The Hall–Kier alpha value is -4.05. The Morgan fingerprint density at radius 3 is 2.80 bits per heavy atom. The Kier molecular flexibility index (Phi) is 6.53. The number of rotatable bonds is 7. The van der Waals surface area contributed by atoms with E-state index in [1.54, 1.807) is 29.1 Å². The molecule has 0 radical (unpaired) electrons. The lowest BCUT2D eigenvalue weighted by molar-refractivity contribution is -0.123. The number of ether oxygens (including phenoxy) is 1. The quantitative estimate of drug-likeness (QED) is 0.378. The maximum absolute atomic E-state index is 12.3. The average Bonchev–Trinajstić information content (AvgIpc) is 3.33. The number of carbonyl (C=O) groups excluding carboxylic acids is 2. The van der Waals surface area contributed by atoms with Crippen molar-refractivity contribution in [2.75, 3.05) is 13.2 Å². The molecule has 1 aliphatic heterocycles. The molecule has 2 aromatic carbocycles. The molecule has 1 aliphatic rings. The molecule has 5 rings (SSSR count). The predicted octanol–water partition coefficient (Wildman–Crippen LogP) is 3.21. The maximum atomic E-state index is 12.3. The Morgan fingerprint density at radius 2 is 1.97 bits per heavy atom. The molecule has 176 valence electrons. The second kappa shape index (κ2) is 10.1. The van der Waals surface area contributed by atoms with E-state index in [0.717, 1.165) is 10.0 Å². The minimum Gasteiger partial charge on any atom is -0.483 e. The van der Waals surface area contributed by atoms with Crippen LogP contribution in [-0.4, -0.2) is 44.7 Å². The number of aromatic nitrogens is 4. The largest absolute Gasteiger partial charge is 0.483 e. The first-order valence-corrected chi connectivity index (χ1v) is 11.8. The summed E-state index contributed by atoms with van der Waals surface area (Å²) in [4.78, 5) is 33.5. The predicted molar refractivity (Wildman–Crippen MR) is 133 cm³/mol. The molecule has 0 atom stereocenters. The molecule has 3 heterocycles. The Bertz CT molecular complexity index is 1390. The zero-order chi connectivity index (χ0) is 24.2. The number of fused-ring (bicyclic) bond motifs is 1. The summed E-state index contributed by atoms with van der Waals surface area (Å²) >= 11 is 3.48. The highest BCUT2D eigenvalue weighted by atomic mass is 79.9. The van der Waals surface area contributed by atoms with Gasteiger partial charge in [0.05, 0.1) is 17.8 Å². The van der Waals surface area contributed by atoms with E-state index in [9.17, 15) is 9.59 Å². The summed E-state index contributed by atoms with van der Waals surface area (Å²) in [6.45, 7) is 1.42. The second-order valence-corrected chi connectivity index (χ2v) is 8.77. The van der Waals surface area contributed by atoms with E-state index < -0.39 is 0 Å². The summed E-state index contributed by atoms with van der Waals surface area (Å²) in [6, 6.07) is 18.6. The molecule has 0 saturated carbocycles. The van der Waals surface area contributed by atoms with Gasteiger partial charge in [-0.1, -0.05) is 46.3 Å². The minimum atomic E-state index is -0.237. The molecule has 0 saturated heterocycles. The van der Waals surface area contributed by atoms with E-state index in [4.69, 9.17) is 4.74 Å². The van der Waals surface area contributed by atoms with Crippen molar-refractivity contribution >= 4 is 27.7 Å². The van der Waals surface area contributed by atoms with E-state index in [1.165, 1.54) is 0 Å². The van der Waals surface area contributed by atoms with Crippen molar-refractivity contribution in [1.82, 2.24) is 30.4 Å². The molecular weight excluding hydrogens is 512 g/mol. The fourth-order valence-corrected chi connectivity index (χ4v) is 4.05. The molecule has 2 N–H and O–H groups in total. The number of halogens is 1. The average molecular weight is 533 g/mol. The van der Waals surface area contributed by atoms with Gasteiger partial charge in [-0.15, -0.1) is 0 Å². The highest BCUT2D eigenvalue weighted by molar-refractivity contribution is 9.10. The Morgan fingerprint density at radius 1 is 1.11 bits per heavy atom. The molecular formula is C25H21BrN6O3. The van der Waals surface area contributed by atoms with E-state index >= 15 is 0 Å². The van der Waals surface area contributed by atoms with Crippen LogP contribution in [0.4, 0.5) is 0 Å². The highest BCUT2D eigenvalue weighted by Crippen LogP contribution is 2.32. The van der Waals surface area contributed by atoms with Crippen LogP contribution in [0.2, 0.25) is 0 Å². The molecule has 10 heteroatoms. The molecule has 9 nitrogen and oxygen atoms in total. The van der Waals surface area contributed by atoms with Crippen molar-refractivity contribution in [2.24, 2.45) is 0 Å². The van der Waals surface area contributed by atoms with Gasteiger partial charge in [0, 0.05) is 23.8 Å². The molecule has 0 fully saturated rings. The van der Waals surface area contributed by atoms with Crippen LogP contribution in [0.25, 0.3) is 22.8 Å². The van der Waals surface area contributed by atoms with Crippen LogP contribution in [-0.2, 0) is 17.9 Å². The normalized spacial score (nSPS) is 12.5. The van der Waals surface area contributed by atoms with Crippen LogP contribution >= 0.6 is 15.9 Å². The van der Waals surface area contributed by atoms with E-state index in [0.29, 0.717) is 53.9 Å². The first-order chi connectivity index (χ1) is 17.1. The lowest BCUT2D eigenvalue weighted by atomic mass is 10.1. The van der Waals surface area contributed by atoms with Gasteiger partial charge in [0.25, 0.3) is 11.8 Å². The number of nitrogens with zero attached hydrogens (tertiary/aromatic N) is 4. The fourth-order valence-electron chi connectivity index (χ4n) is 3.69. The molecule has 0 unspecified atom stereocenters. The minimum absolute atomic E-state index is 0.149. The van der Waals surface area contributed by atoms with Gasteiger partial charge in [0.2, 0.25) is 0 Å². The van der Waals surface area contributed by atoms with Gasteiger partial charge < -0.3 is 15.4 Å². The van der Waals surface area contributed by atoms with Crippen LogP contribution < -0.4 is 15.4 Å². The second-order valence-electron chi connectivity index (χ2n) is 7.85. The fraction of sp³-hybridized carbons (Fsp3) is 0.160. The SMILES string of the molecule is O=C(COc1ccc(Br)cc1-c1nccc(-c2cc3n(n2)CCNC3=O)n1)NCc1ccccc1. The van der Waals surface area contributed by atoms with Gasteiger partial charge in [0.15, 0.2) is 12.4 Å². The summed E-state index contributed by atoms with van der Waals surface area (Å²) in [5, 5.41) is 10.2. The van der Waals surface area contributed by atoms with E-state index in [2.05, 4.69) is 41.6 Å². The van der Waals surface area contributed by atoms with Crippen molar-refractivity contribution in [1.29, 1.82) is 0 Å². The summed E-state index contributed by atoms with van der Waals surface area (Å²) < 4.78 is 8.33. The molecule has 0 bridgehead atoms. The molecule has 35 heavy (non-hydrogen) atoms. The number of amides is 2. The topological polar surface area (TPSA) is 111 Å². The number of nitrogens with one attached hydrogen (secondary N) is 2. The van der Waals surface area contributed by atoms with Crippen LogP contribution in [0.5, 0.6) is 5.75 Å². The Balaban J connectivity index is 1.34. The number of benzene rings is 2. The Labute approximate surface area is 209 Å². The summed E-state index contributed by atoms with van der Waals surface area (Å²) in [6.07, 6.45) is 1.63.